The van der Waals surface area contributed by atoms with Crippen LogP contribution in [0.3, 0.4) is 0 Å². The predicted octanol–water partition coefficient (Wildman–Crippen LogP) is 2.01. The van der Waals surface area contributed by atoms with E-state index < -0.39 is 15.6 Å². The Bertz CT molecular complexity index is 665. The van der Waals surface area contributed by atoms with Gasteiger partial charge in [-0.05, 0) is 32.0 Å². The fourth-order valence-electron chi connectivity index (χ4n) is 2.16. The minimum absolute atomic E-state index is 0.0940. The van der Waals surface area contributed by atoms with Crippen LogP contribution < -0.4 is 0 Å². The number of ether oxygens (including phenoxy) is 1. The molecule has 0 N–H and O–H groups in total. The fraction of sp³-hybridized carbons (Fsp3) is 0.462. The van der Waals surface area contributed by atoms with E-state index in [-0.39, 0.29) is 15.5 Å². The van der Waals surface area contributed by atoms with Crippen molar-refractivity contribution in [3.05, 3.63) is 28.8 Å². The third-order valence-electron chi connectivity index (χ3n) is 3.22. The molecule has 1 saturated heterocycles. The third-order valence-corrected chi connectivity index (χ3v) is 5.64. The van der Waals surface area contributed by atoms with Gasteiger partial charge >= 0.3 is 0 Å². The summed E-state index contributed by atoms with van der Waals surface area (Å²) in [5.41, 5.74) is -0.357. The Labute approximate surface area is 123 Å². The second kappa shape index (κ2) is 5.34. The number of benzene rings is 1. The van der Waals surface area contributed by atoms with Gasteiger partial charge in [-0.15, -0.1) is 0 Å². The molecule has 20 heavy (non-hydrogen) atoms. The van der Waals surface area contributed by atoms with Crippen LogP contribution in [-0.2, 0) is 14.8 Å². The Balaban J connectivity index is 2.45. The van der Waals surface area contributed by atoms with Crippen LogP contribution >= 0.6 is 11.6 Å². The zero-order chi connectivity index (χ0) is 15.0. The van der Waals surface area contributed by atoms with Crippen LogP contribution in [0, 0.1) is 11.3 Å². The van der Waals surface area contributed by atoms with Crippen LogP contribution in [0.5, 0.6) is 0 Å². The van der Waals surface area contributed by atoms with Crippen LogP contribution in [0.4, 0.5) is 0 Å². The SMILES string of the molecule is CC1(C)COCCN1S(=O)(=O)c1ccc(C#N)c(Cl)c1. The van der Waals surface area contributed by atoms with Gasteiger partial charge in [-0.25, -0.2) is 8.42 Å². The molecule has 1 aromatic rings. The van der Waals surface area contributed by atoms with Crippen molar-refractivity contribution in [2.75, 3.05) is 19.8 Å². The third kappa shape index (κ3) is 2.67. The summed E-state index contributed by atoms with van der Waals surface area (Å²) < 4.78 is 32.1. The molecule has 0 bridgehead atoms. The molecule has 5 nitrogen and oxygen atoms in total. The molecule has 0 saturated carbocycles. The van der Waals surface area contributed by atoms with Crippen molar-refractivity contribution >= 4 is 21.6 Å². The summed E-state index contributed by atoms with van der Waals surface area (Å²) in [7, 11) is -3.66. The molecule has 0 spiro atoms. The molecule has 0 radical (unpaired) electrons. The van der Waals surface area contributed by atoms with E-state index in [0.29, 0.717) is 19.8 Å². The normalized spacial score (nSPS) is 19.5. The van der Waals surface area contributed by atoms with Crippen molar-refractivity contribution in [1.82, 2.24) is 4.31 Å². The maximum absolute atomic E-state index is 12.7. The van der Waals surface area contributed by atoms with Gasteiger partial charge in [0.25, 0.3) is 0 Å². The van der Waals surface area contributed by atoms with E-state index in [0.717, 1.165) is 0 Å². The van der Waals surface area contributed by atoms with E-state index in [9.17, 15) is 8.42 Å². The van der Waals surface area contributed by atoms with Gasteiger partial charge in [-0.1, -0.05) is 11.6 Å². The van der Waals surface area contributed by atoms with Crippen LogP contribution in [0.2, 0.25) is 5.02 Å². The largest absolute Gasteiger partial charge is 0.378 e. The number of hydrogen-bond acceptors (Lipinski definition) is 4. The van der Waals surface area contributed by atoms with E-state index >= 15 is 0 Å². The smallest absolute Gasteiger partial charge is 0.243 e. The van der Waals surface area contributed by atoms with E-state index in [2.05, 4.69) is 0 Å². The van der Waals surface area contributed by atoms with Gasteiger partial charge in [-0.2, -0.15) is 9.57 Å². The van der Waals surface area contributed by atoms with Crippen LogP contribution in [0.15, 0.2) is 23.1 Å². The maximum Gasteiger partial charge on any atom is 0.243 e. The summed E-state index contributed by atoms with van der Waals surface area (Å²) in [5.74, 6) is 0. The zero-order valence-electron chi connectivity index (χ0n) is 11.3. The molecule has 1 aliphatic heterocycles. The van der Waals surface area contributed by atoms with Gasteiger partial charge < -0.3 is 4.74 Å². The maximum atomic E-state index is 12.7. The lowest BCUT2D eigenvalue weighted by Gasteiger charge is -2.40. The Hall–Kier alpha value is -1.13. The summed E-state index contributed by atoms with van der Waals surface area (Å²) in [4.78, 5) is 0.0940. The van der Waals surface area contributed by atoms with Crippen molar-refractivity contribution in [2.45, 2.75) is 24.3 Å². The molecule has 7 heteroatoms. The first-order valence-corrected chi connectivity index (χ1v) is 7.91. The van der Waals surface area contributed by atoms with Crippen LogP contribution in [0.1, 0.15) is 19.4 Å². The second-order valence-corrected chi connectivity index (χ2v) is 7.47. The summed E-state index contributed by atoms with van der Waals surface area (Å²) >= 11 is 5.92. The number of morpholine rings is 1. The van der Waals surface area contributed by atoms with E-state index in [1.807, 2.05) is 19.9 Å². The van der Waals surface area contributed by atoms with Gasteiger partial charge in [0.2, 0.25) is 10.0 Å². The van der Waals surface area contributed by atoms with E-state index in [4.69, 9.17) is 21.6 Å². The van der Waals surface area contributed by atoms with Crippen LogP contribution in [-0.4, -0.2) is 38.0 Å². The highest BCUT2D eigenvalue weighted by molar-refractivity contribution is 7.89. The van der Waals surface area contributed by atoms with Gasteiger partial charge in [-0.3, -0.25) is 0 Å². The standard InChI is InChI=1S/C13H15ClN2O3S/c1-13(2)9-19-6-5-16(13)20(17,18)11-4-3-10(8-15)12(14)7-11/h3-4,7H,5-6,9H2,1-2H3. The lowest BCUT2D eigenvalue weighted by Crippen LogP contribution is -2.55. The highest BCUT2D eigenvalue weighted by Crippen LogP contribution is 2.29. The molecule has 1 fully saturated rings. The summed E-state index contributed by atoms with van der Waals surface area (Å²) in [5, 5.41) is 8.97. The van der Waals surface area contributed by atoms with Gasteiger partial charge in [0.15, 0.2) is 0 Å². The second-order valence-electron chi connectivity index (χ2n) is 5.20. The van der Waals surface area contributed by atoms with Crippen molar-refractivity contribution in [3.8, 4) is 6.07 Å². The number of sulfonamides is 1. The summed E-state index contributed by atoms with van der Waals surface area (Å²) in [6.45, 7) is 4.64. The minimum atomic E-state index is -3.66. The van der Waals surface area contributed by atoms with Gasteiger partial charge in [0, 0.05) is 6.54 Å². The Morgan fingerprint density at radius 2 is 2.15 bits per heavy atom. The van der Waals surface area contributed by atoms with Crippen LogP contribution in [0.25, 0.3) is 0 Å². The number of nitrogens with zero attached hydrogens (tertiary/aromatic N) is 2. The molecule has 2 rings (SSSR count). The predicted molar refractivity (Wildman–Crippen MR) is 75.0 cm³/mol. The average molecular weight is 315 g/mol. The Morgan fingerprint density at radius 1 is 1.45 bits per heavy atom. The zero-order valence-corrected chi connectivity index (χ0v) is 12.8. The lowest BCUT2D eigenvalue weighted by molar-refractivity contribution is -0.00770. The lowest BCUT2D eigenvalue weighted by atomic mass is 10.1. The molecule has 1 heterocycles. The molecular formula is C13H15ClN2O3S. The molecule has 1 aromatic carbocycles. The number of hydrogen-bond donors (Lipinski definition) is 0. The molecule has 1 aliphatic rings. The number of nitriles is 1. The van der Waals surface area contributed by atoms with Gasteiger partial charge in [0.1, 0.15) is 6.07 Å². The summed E-state index contributed by atoms with van der Waals surface area (Å²) in [6.07, 6.45) is 0. The summed E-state index contributed by atoms with van der Waals surface area (Å²) in [6, 6.07) is 6.06. The van der Waals surface area contributed by atoms with E-state index in [1.165, 1.54) is 22.5 Å². The monoisotopic (exact) mass is 314 g/mol. The first-order chi connectivity index (χ1) is 9.29. The first-order valence-electron chi connectivity index (χ1n) is 6.09. The highest BCUT2D eigenvalue weighted by Gasteiger charge is 2.39. The highest BCUT2D eigenvalue weighted by atomic mass is 35.5. The van der Waals surface area contributed by atoms with Crippen molar-refractivity contribution in [1.29, 1.82) is 5.26 Å². The van der Waals surface area contributed by atoms with Crippen molar-refractivity contribution in [2.24, 2.45) is 0 Å². The number of halogens is 1. The number of rotatable bonds is 2. The Morgan fingerprint density at radius 3 is 2.70 bits per heavy atom. The van der Waals surface area contributed by atoms with E-state index in [1.54, 1.807) is 0 Å². The minimum Gasteiger partial charge on any atom is -0.378 e. The van der Waals surface area contributed by atoms with Crippen molar-refractivity contribution < 1.29 is 13.2 Å². The molecule has 0 aliphatic carbocycles. The Kier molecular flexibility index (Phi) is 4.07. The quantitative estimate of drug-likeness (QED) is 0.837. The molecule has 0 atom stereocenters. The fourth-order valence-corrected chi connectivity index (χ4v) is 4.23. The molecule has 0 unspecified atom stereocenters. The molecular weight excluding hydrogens is 300 g/mol. The molecule has 0 aromatic heterocycles. The van der Waals surface area contributed by atoms with Gasteiger partial charge in [0.05, 0.1) is 34.2 Å². The first kappa shape index (κ1) is 15.3. The molecule has 108 valence electrons. The average Bonchev–Trinajstić information content (AvgIpc) is 2.37. The topological polar surface area (TPSA) is 70.4 Å². The molecule has 0 amide bonds. The van der Waals surface area contributed by atoms with Crippen molar-refractivity contribution in [3.63, 3.8) is 0 Å².